The van der Waals surface area contributed by atoms with E-state index in [0.717, 1.165) is 11.1 Å². The highest BCUT2D eigenvalue weighted by Gasteiger charge is 2.33. The van der Waals surface area contributed by atoms with Gasteiger partial charge in [-0.2, -0.15) is 0 Å². The minimum atomic E-state index is -0.783. The molecule has 15 heavy (non-hydrogen) atoms. The number of fused-ring (bicyclic) bond motifs is 1. The fourth-order valence-electron chi connectivity index (χ4n) is 1.86. The Morgan fingerprint density at radius 2 is 1.93 bits per heavy atom. The second-order valence-electron chi connectivity index (χ2n) is 3.50. The van der Waals surface area contributed by atoms with Crippen molar-refractivity contribution in [2.75, 3.05) is 14.2 Å². The largest absolute Gasteiger partial charge is 0.493 e. The van der Waals surface area contributed by atoms with Gasteiger partial charge in [-0.3, -0.25) is 4.79 Å². The molecule has 0 spiro atoms. The standard InChI is InChI=1S/C11H12O4/c1-14-9-4-6-3-8(11(12)13)7(6)5-10(9)15-2/h4-5,8H,3H2,1-2H3,(H,12,13)/t8-/m0/s1. The maximum absolute atomic E-state index is 10.8. The molecule has 0 bridgehead atoms. The van der Waals surface area contributed by atoms with Crippen LogP contribution in [0.4, 0.5) is 0 Å². The van der Waals surface area contributed by atoms with Crippen molar-refractivity contribution in [2.24, 2.45) is 0 Å². The van der Waals surface area contributed by atoms with Crippen molar-refractivity contribution in [1.82, 2.24) is 0 Å². The molecule has 0 aliphatic heterocycles. The molecule has 0 heterocycles. The Labute approximate surface area is 87.4 Å². The fourth-order valence-corrected chi connectivity index (χ4v) is 1.86. The first-order valence-electron chi connectivity index (χ1n) is 4.65. The molecule has 0 aromatic heterocycles. The minimum Gasteiger partial charge on any atom is -0.493 e. The van der Waals surface area contributed by atoms with Gasteiger partial charge in [-0.05, 0) is 29.7 Å². The van der Waals surface area contributed by atoms with Crippen LogP contribution in [0.5, 0.6) is 11.5 Å². The molecule has 0 saturated heterocycles. The summed E-state index contributed by atoms with van der Waals surface area (Å²) in [5.74, 6) is 0.0665. The minimum absolute atomic E-state index is 0.389. The third kappa shape index (κ3) is 1.42. The van der Waals surface area contributed by atoms with E-state index >= 15 is 0 Å². The van der Waals surface area contributed by atoms with E-state index in [0.29, 0.717) is 17.9 Å². The lowest BCUT2D eigenvalue weighted by Crippen LogP contribution is -2.25. The summed E-state index contributed by atoms with van der Waals surface area (Å²) in [6.07, 6.45) is 0.574. The average Bonchev–Trinajstić information content (AvgIpc) is 2.19. The normalized spacial score (nSPS) is 17.6. The van der Waals surface area contributed by atoms with Gasteiger partial charge in [0.05, 0.1) is 20.1 Å². The first-order valence-corrected chi connectivity index (χ1v) is 4.65. The number of hydrogen-bond acceptors (Lipinski definition) is 3. The number of carbonyl (C=O) groups is 1. The Balaban J connectivity index is 2.41. The molecule has 0 amide bonds. The van der Waals surface area contributed by atoms with E-state index in [2.05, 4.69) is 0 Å². The fraction of sp³-hybridized carbons (Fsp3) is 0.364. The van der Waals surface area contributed by atoms with E-state index < -0.39 is 5.97 Å². The molecule has 1 aliphatic rings. The summed E-state index contributed by atoms with van der Waals surface area (Å²) in [7, 11) is 3.11. The zero-order valence-corrected chi connectivity index (χ0v) is 8.61. The van der Waals surface area contributed by atoms with Crippen molar-refractivity contribution in [1.29, 1.82) is 0 Å². The lowest BCUT2D eigenvalue weighted by molar-refractivity contribution is -0.139. The third-order valence-electron chi connectivity index (χ3n) is 2.74. The average molecular weight is 208 g/mol. The van der Waals surface area contributed by atoms with Crippen LogP contribution in [0, 0.1) is 0 Å². The number of rotatable bonds is 3. The number of hydrogen-bond donors (Lipinski definition) is 1. The zero-order valence-electron chi connectivity index (χ0n) is 8.61. The van der Waals surface area contributed by atoms with Gasteiger partial charge in [-0.1, -0.05) is 0 Å². The Kier molecular flexibility index (Phi) is 2.26. The van der Waals surface area contributed by atoms with Crippen LogP contribution in [-0.2, 0) is 11.2 Å². The summed E-state index contributed by atoms with van der Waals surface area (Å²) in [6.45, 7) is 0. The molecule has 0 fully saturated rings. The van der Waals surface area contributed by atoms with Crippen LogP contribution in [0.2, 0.25) is 0 Å². The molecule has 1 aromatic rings. The van der Waals surface area contributed by atoms with Crippen molar-refractivity contribution >= 4 is 5.97 Å². The van der Waals surface area contributed by atoms with Crippen molar-refractivity contribution < 1.29 is 19.4 Å². The van der Waals surface area contributed by atoms with Crippen LogP contribution in [-0.4, -0.2) is 25.3 Å². The van der Waals surface area contributed by atoms with Gasteiger partial charge in [0.1, 0.15) is 0 Å². The first-order chi connectivity index (χ1) is 7.17. The molecular formula is C11H12O4. The molecule has 0 unspecified atom stereocenters. The Morgan fingerprint density at radius 3 is 2.47 bits per heavy atom. The number of carboxylic acids is 1. The van der Waals surface area contributed by atoms with Gasteiger partial charge in [0.2, 0.25) is 0 Å². The van der Waals surface area contributed by atoms with E-state index in [4.69, 9.17) is 14.6 Å². The Hall–Kier alpha value is -1.71. The quantitative estimate of drug-likeness (QED) is 0.816. The van der Waals surface area contributed by atoms with Gasteiger partial charge in [-0.25, -0.2) is 0 Å². The third-order valence-corrected chi connectivity index (χ3v) is 2.74. The van der Waals surface area contributed by atoms with Crippen molar-refractivity contribution in [3.05, 3.63) is 23.3 Å². The smallest absolute Gasteiger partial charge is 0.311 e. The SMILES string of the molecule is COc1cc2c(cc1OC)[C@@H](C(=O)O)C2. The van der Waals surface area contributed by atoms with Gasteiger partial charge in [0, 0.05) is 0 Å². The lowest BCUT2D eigenvalue weighted by Gasteiger charge is -2.27. The van der Waals surface area contributed by atoms with E-state index in [1.54, 1.807) is 20.3 Å². The van der Waals surface area contributed by atoms with Gasteiger partial charge in [0.25, 0.3) is 0 Å². The van der Waals surface area contributed by atoms with Crippen LogP contribution in [0.25, 0.3) is 0 Å². The Bertz CT molecular complexity index is 411. The predicted molar refractivity (Wildman–Crippen MR) is 53.6 cm³/mol. The maximum Gasteiger partial charge on any atom is 0.311 e. The van der Waals surface area contributed by atoms with Crippen LogP contribution < -0.4 is 9.47 Å². The highest BCUT2D eigenvalue weighted by molar-refractivity contribution is 5.81. The predicted octanol–water partition coefficient (Wildman–Crippen LogP) is 1.43. The number of benzene rings is 1. The Morgan fingerprint density at radius 1 is 1.33 bits per heavy atom. The maximum atomic E-state index is 10.8. The van der Waals surface area contributed by atoms with Crippen molar-refractivity contribution in [3.63, 3.8) is 0 Å². The topological polar surface area (TPSA) is 55.8 Å². The van der Waals surface area contributed by atoms with E-state index in [1.165, 1.54) is 0 Å². The second-order valence-corrected chi connectivity index (χ2v) is 3.50. The van der Waals surface area contributed by atoms with Crippen molar-refractivity contribution in [3.8, 4) is 11.5 Å². The molecule has 80 valence electrons. The summed E-state index contributed by atoms with van der Waals surface area (Å²) >= 11 is 0. The molecule has 0 saturated carbocycles. The molecule has 1 aliphatic carbocycles. The second kappa shape index (κ2) is 3.46. The molecule has 1 aromatic carbocycles. The summed E-state index contributed by atoms with van der Waals surface area (Å²) in [5, 5.41) is 8.90. The molecule has 1 atom stereocenters. The number of aliphatic carboxylic acids is 1. The number of methoxy groups -OCH3 is 2. The summed E-state index contributed by atoms with van der Waals surface area (Å²) in [5.41, 5.74) is 1.86. The highest BCUT2D eigenvalue weighted by Crippen LogP contribution is 2.42. The van der Waals surface area contributed by atoms with Gasteiger partial charge in [0.15, 0.2) is 11.5 Å². The van der Waals surface area contributed by atoms with Crippen LogP contribution in [0.3, 0.4) is 0 Å². The molecule has 2 rings (SSSR count). The van der Waals surface area contributed by atoms with Crippen LogP contribution in [0.15, 0.2) is 12.1 Å². The van der Waals surface area contributed by atoms with E-state index in [9.17, 15) is 4.79 Å². The molecule has 0 radical (unpaired) electrons. The number of carboxylic acid groups (broad SMARTS) is 1. The molecule has 4 nitrogen and oxygen atoms in total. The zero-order chi connectivity index (χ0) is 11.0. The van der Waals surface area contributed by atoms with Crippen molar-refractivity contribution in [2.45, 2.75) is 12.3 Å². The molecular weight excluding hydrogens is 196 g/mol. The van der Waals surface area contributed by atoms with E-state index in [1.807, 2.05) is 6.07 Å². The van der Waals surface area contributed by atoms with Gasteiger partial charge >= 0.3 is 5.97 Å². The molecule has 4 heteroatoms. The monoisotopic (exact) mass is 208 g/mol. The summed E-state index contributed by atoms with van der Waals surface area (Å²) < 4.78 is 10.2. The van der Waals surface area contributed by atoms with Crippen LogP contribution in [0.1, 0.15) is 17.0 Å². The summed E-state index contributed by atoms with van der Waals surface area (Å²) in [6, 6.07) is 3.59. The highest BCUT2D eigenvalue weighted by atomic mass is 16.5. The van der Waals surface area contributed by atoms with Crippen LogP contribution >= 0.6 is 0 Å². The van der Waals surface area contributed by atoms with E-state index in [-0.39, 0.29) is 5.92 Å². The van der Waals surface area contributed by atoms with Gasteiger partial charge in [-0.15, -0.1) is 0 Å². The molecule has 1 N–H and O–H groups in total. The lowest BCUT2D eigenvalue weighted by atomic mass is 9.77. The summed E-state index contributed by atoms with van der Waals surface area (Å²) in [4.78, 5) is 10.8. The number of ether oxygens (including phenoxy) is 2. The van der Waals surface area contributed by atoms with Gasteiger partial charge < -0.3 is 14.6 Å². The first kappa shape index (κ1) is 9.83.